The van der Waals surface area contributed by atoms with Gasteiger partial charge in [-0.2, -0.15) is 4.31 Å². The second-order valence-corrected chi connectivity index (χ2v) is 11.1. The fourth-order valence-electron chi connectivity index (χ4n) is 4.28. The molecule has 3 rings (SSSR count). The Balaban J connectivity index is 1.81. The number of piperazine rings is 1. The van der Waals surface area contributed by atoms with Gasteiger partial charge in [0.2, 0.25) is 21.8 Å². The molecule has 0 bridgehead atoms. The van der Waals surface area contributed by atoms with Crippen molar-refractivity contribution in [1.29, 1.82) is 0 Å². The van der Waals surface area contributed by atoms with E-state index < -0.39 is 22.1 Å². The van der Waals surface area contributed by atoms with Gasteiger partial charge in [-0.25, -0.2) is 8.42 Å². The number of nitrogens with zero attached hydrogens (tertiary/aromatic N) is 2. The fraction of sp³-hybridized carbons (Fsp3) is 0.462. The van der Waals surface area contributed by atoms with E-state index in [-0.39, 0.29) is 35.7 Å². The third-order valence-corrected chi connectivity index (χ3v) is 7.96. The number of hydrogen-bond donors (Lipinski definition) is 1. The molecule has 0 radical (unpaired) electrons. The number of amides is 2. The van der Waals surface area contributed by atoms with E-state index in [0.29, 0.717) is 6.54 Å². The van der Waals surface area contributed by atoms with Crippen molar-refractivity contribution in [2.45, 2.75) is 64.1 Å². The summed E-state index contributed by atoms with van der Waals surface area (Å²) in [5.74, 6) is -0.819. The average Bonchev–Trinajstić information content (AvgIpc) is 2.83. The molecule has 0 aliphatic carbocycles. The highest BCUT2D eigenvalue weighted by atomic mass is 32.2. The Morgan fingerprint density at radius 3 is 2.21 bits per heavy atom. The van der Waals surface area contributed by atoms with Crippen LogP contribution in [0.25, 0.3) is 0 Å². The predicted molar refractivity (Wildman–Crippen MR) is 132 cm³/mol. The Labute approximate surface area is 203 Å². The molecule has 1 saturated heterocycles. The topological polar surface area (TPSA) is 86.8 Å². The molecule has 2 aromatic carbocycles. The van der Waals surface area contributed by atoms with Crippen molar-refractivity contribution < 1.29 is 18.0 Å². The monoisotopic (exact) mass is 485 g/mol. The third-order valence-electron chi connectivity index (χ3n) is 6.12. The van der Waals surface area contributed by atoms with Crippen molar-refractivity contribution in [2.24, 2.45) is 5.92 Å². The average molecular weight is 486 g/mol. The lowest BCUT2D eigenvalue weighted by Gasteiger charge is -2.44. The molecule has 2 atom stereocenters. The predicted octanol–water partition coefficient (Wildman–Crippen LogP) is 3.20. The van der Waals surface area contributed by atoms with E-state index in [9.17, 15) is 18.0 Å². The van der Waals surface area contributed by atoms with E-state index in [1.807, 2.05) is 12.1 Å². The molecule has 2 aromatic rings. The van der Waals surface area contributed by atoms with Crippen LogP contribution in [0.3, 0.4) is 0 Å². The normalized spacial score (nSPS) is 19.3. The molecule has 0 aromatic heterocycles. The minimum absolute atomic E-state index is 0.0820. The molecule has 1 fully saturated rings. The molecule has 1 N–H and O–H groups in total. The largest absolute Gasteiger partial charge is 0.350 e. The van der Waals surface area contributed by atoms with Gasteiger partial charge in [0.1, 0.15) is 6.04 Å². The first kappa shape index (κ1) is 25.9. The molecule has 7 nitrogen and oxygen atoms in total. The van der Waals surface area contributed by atoms with Crippen LogP contribution in [0.5, 0.6) is 0 Å². The molecule has 2 unspecified atom stereocenters. The lowest BCUT2D eigenvalue weighted by atomic mass is 10.0. The maximum Gasteiger partial charge on any atom is 0.244 e. The summed E-state index contributed by atoms with van der Waals surface area (Å²) in [7, 11) is -3.79. The summed E-state index contributed by atoms with van der Waals surface area (Å²) in [6, 6.07) is 14.9. The molecule has 34 heavy (non-hydrogen) atoms. The van der Waals surface area contributed by atoms with Gasteiger partial charge in [-0.1, -0.05) is 69.7 Å². The number of hydrogen-bond acceptors (Lipinski definition) is 4. The number of benzene rings is 2. The van der Waals surface area contributed by atoms with E-state index >= 15 is 0 Å². The van der Waals surface area contributed by atoms with Crippen molar-refractivity contribution in [3.63, 3.8) is 0 Å². The van der Waals surface area contributed by atoms with Crippen LogP contribution in [0, 0.1) is 5.92 Å². The molecule has 0 spiro atoms. The summed E-state index contributed by atoms with van der Waals surface area (Å²) in [6.45, 7) is 7.86. The fourth-order valence-corrected chi connectivity index (χ4v) is 5.83. The second-order valence-electron chi connectivity index (χ2n) is 9.18. The van der Waals surface area contributed by atoms with Gasteiger partial charge in [-0.15, -0.1) is 0 Å². The lowest BCUT2D eigenvalue weighted by molar-refractivity contribution is -0.148. The lowest BCUT2D eigenvalue weighted by Crippen LogP contribution is -2.65. The summed E-state index contributed by atoms with van der Waals surface area (Å²) in [5, 5.41) is 2.92. The van der Waals surface area contributed by atoms with E-state index in [1.165, 1.54) is 9.87 Å². The van der Waals surface area contributed by atoms with Gasteiger partial charge in [-0.3, -0.25) is 9.59 Å². The zero-order chi connectivity index (χ0) is 24.9. The summed E-state index contributed by atoms with van der Waals surface area (Å²) >= 11 is 0. The second kappa shape index (κ2) is 11.1. The van der Waals surface area contributed by atoms with E-state index in [0.717, 1.165) is 18.4 Å². The van der Waals surface area contributed by atoms with E-state index in [4.69, 9.17) is 0 Å². The number of aryl methyl sites for hydroxylation is 1. The number of rotatable bonds is 8. The summed E-state index contributed by atoms with van der Waals surface area (Å²) in [6.07, 6.45) is 2.07. The molecule has 1 aliphatic heterocycles. The summed E-state index contributed by atoms with van der Waals surface area (Å²) in [4.78, 5) is 28.0. The van der Waals surface area contributed by atoms with E-state index in [2.05, 4.69) is 24.4 Å². The Morgan fingerprint density at radius 1 is 1.00 bits per heavy atom. The molecule has 2 amide bonds. The molecule has 1 aliphatic rings. The Hall–Kier alpha value is -2.71. The molecule has 184 valence electrons. The molecule has 0 saturated carbocycles. The number of nitrogens with one attached hydrogen (secondary N) is 1. The number of carbonyl (C=O) groups excluding carboxylic acids is 2. The van der Waals surface area contributed by atoms with Crippen LogP contribution < -0.4 is 5.32 Å². The molecule has 1 heterocycles. The third kappa shape index (κ3) is 5.85. The Kier molecular flexibility index (Phi) is 8.49. The van der Waals surface area contributed by atoms with Crippen LogP contribution in [-0.2, 0) is 32.6 Å². The highest BCUT2D eigenvalue weighted by Gasteiger charge is 2.43. The quantitative estimate of drug-likeness (QED) is 0.622. The molecular formula is C26H35N3O4S. The Bertz CT molecular complexity index is 1080. The van der Waals surface area contributed by atoms with Crippen LogP contribution in [0.15, 0.2) is 59.5 Å². The smallest absolute Gasteiger partial charge is 0.244 e. The van der Waals surface area contributed by atoms with Crippen LogP contribution in [0.4, 0.5) is 0 Å². The van der Waals surface area contributed by atoms with Crippen molar-refractivity contribution in [3.8, 4) is 0 Å². The standard InChI is InChI=1S/C26H35N3O4S/c1-5-9-21-12-14-22(15-13-21)16-27-25(30)24-18-28(17-20(4)29(24)26(31)19(2)3)34(32,33)23-10-7-6-8-11-23/h6-8,10-15,19-20,24H,5,9,16-18H2,1-4H3,(H,27,30). The van der Waals surface area contributed by atoms with Crippen LogP contribution in [-0.4, -0.2) is 54.6 Å². The Morgan fingerprint density at radius 2 is 1.62 bits per heavy atom. The molecular weight excluding hydrogens is 450 g/mol. The van der Waals surface area contributed by atoms with Crippen LogP contribution in [0.2, 0.25) is 0 Å². The van der Waals surface area contributed by atoms with Gasteiger partial charge < -0.3 is 10.2 Å². The van der Waals surface area contributed by atoms with Gasteiger partial charge in [0.05, 0.1) is 4.90 Å². The minimum atomic E-state index is -3.79. The molecule has 8 heteroatoms. The van der Waals surface area contributed by atoms with Crippen molar-refractivity contribution in [2.75, 3.05) is 13.1 Å². The van der Waals surface area contributed by atoms with Crippen molar-refractivity contribution in [1.82, 2.24) is 14.5 Å². The van der Waals surface area contributed by atoms with Gasteiger partial charge in [0.15, 0.2) is 0 Å². The zero-order valence-corrected chi connectivity index (χ0v) is 21.2. The van der Waals surface area contributed by atoms with Gasteiger partial charge >= 0.3 is 0 Å². The summed E-state index contributed by atoms with van der Waals surface area (Å²) < 4.78 is 27.9. The van der Waals surface area contributed by atoms with Gasteiger partial charge in [0.25, 0.3) is 0 Å². The van der Waals surface area contributed by atoms with E-state index in [1.54, 1.807) is 56.0 Å². The highest BCUT2D eigenvalue weighted by molar-refractivity contribution is 7.89. The number of carbonyl (C=O) groups is 2. The van der Waals surface area contributed by atoms with Crippen LogP contribution in [0.1, 0.15) is 45.2 Å². The first-order valence-corrected chi connectivity index (χ1v) is 13.3. The minimum Gasteiger partial charge on any atom is -0.350 e. The van der Waals surface area contributed by atoms with Crippen molar-refractivity contribution in [3.05, 3.63) is 65.7 Å². The summed E-state index contributed by atoms with van der Waals surface area (Å²) in [5.41, 5.74) is 2.20. The van der Waals surface area contributed by atoms with Gasteiger partial charge in [0, 0.05) is 31.6 Å². The zero-order valence-electron chi connectivity index (χ0n) is 20.4. The van der Waals surface area contributed by atoms with Crippen molar-refractivity contribution >= 4 is 21.8 Å². The first-order chi connectivity index (χ1) is 16.1. The maximum absolute atomic E-state index is 13.3. The number of sulfonamides is 1. The first-order valence-electron chi connectivity index (χ1n) is 11.9. The SMILES string of the molecule is CCCc1ccc(CNC(=O)C2CN(S(=O)(=O)c3ccccc3)CC(C)N2C(=O)C(C)C)cc1. The van der Waals surface area contributed by atoms with Gasteiger partial charge in [-0.05, 0) is 36.6 Å². The maximum atomic E-state index is 13.3. The van der Waals surface area contributed by atoms with Crippen LogP contribution >= 0.6 is 0 Å². The highest BCUT2D eigenvalue weighted by Crippen LogP contribution is 2.25.